The molecular weight excluding hydrogens is 240 g/mol. The highest BCUT2D eigenvalue weighted by Crippen LogP contribution is 2.42. The quantitative estimate of drug-likeness (QED) is 0.756. The van der Waals surface area contributed by atoms with Gasteiger partial charge in [0.15, 0.2) is 0 Å². The van der Waals surface area contributed by atoms with Crippen LogP contribution in [0.5, 0.6) is 0 Å². The van der Waals surface area contributed by atoms with Crippen molar-refractivity contribution in [2.24, 2.45) is 5.92 Å². The lowest BCUT2D eigenvalue weighted by atomic mass is 10.2. The van der Waals surface area contributed by atoms with Gasteiger partial charge >= 0.3 is 0 Å². The Morgan fingerprint density at radius 2 is 2.29 bits per heavy atom. The van der Waals surface area contributed by atoms with Crippen LogP contribution in [0.3, 0.4) is 0 Å². The molecule has 0 N–H and O–H groups in total. The lowest BCUT2D eigenvalue weighted by molar-refractivity contribution is 0.468. The van der Waals surface area contributed by atoms with E-state index in [1.165, 1.54) is 24.1 Å². The standard InChI is InChI=1S/C11H17BrN2/c1-8(2)7-14-11(9-3-4-9)10(5-12)6-13-14/h6,8-9H,3-5,7H2,1-2H3. The van der Waals surface area contributed by atoms with E-state index < -0.39 is 0 Å². The summed E-state index contributed by atoms with van der Waals surface area (Å²) in [5, 5.41) is 5.42. The summed E-state index contributed by atoms with van der Waals surface area (Å²) in [6, 6.07) is 0. The zero-order valence-electron chi connectivity index (χ0n) is 8.83. The van der Waals surface area contributed by atoms with E-state index in [0.29, 0.717) is 5.92 Å². The molecule has 2 nitrogen and oxygen atoms in total. The molecule has 3 heteroatoms. The van der Waals surface area contributed by atoms with Crippen molar-refractivity contribution in [2.45, 2.75) is 44.5 Å². The zero-order valence-corrected chi connectivity index (χ0v) is 10.4. The summed E-state index contributed by atoms with van der Waals surface area (Å²) in [4.78, 5) is 0. The van der Waals surface area contributed by atoms with Crippen LogP contribution in [-0.2, 0) is 11.9 Å². The van der Waals surface area contributed by atoms with Crippen molar-refractivity contribution in [1.82, 2.24) is 9.78 Å². The number of hydrogen-bond acceptors (Lipinski definition) is 1. The summed E-state index contributed by atoms with van der Waals surface area (Å²) in [5.74, 6) is 1.47. The van der Waals surface area contributed by atoms with Crippen molar-refractivity contribution in [2.75, 3.05) is 0 Å². The molecule has 0 aromatic carbocycles. The summed E-state index contributed by atoms with van der Waals surface area (Å²) in [5.41, 5.74) is 2.86. The summed E-state index contributed by atoms with van der Waals surface area (Å²) in [7, 11) is 0. The molecule has 0 unspecified atom stereocenters. The second-order valence-corrected chi connectivity index (χ2v) is 5.10. The van der Waals surface area contributed by atoms with Crippen molar-refractivity contribution in [3.63, 3.8) is 0 Å². The fourth-order valence-electron chi connectivity index (χ4n) is 1.86. The maximum atomic E-state index is 4.48. The Bertz CT molecular complexity index is 313. The van der Waals surface area contributed by atoms with Gasteiger partial charge in [-0.2, -0.15) is 5.10 Å². The number of rotatable bonds is 4. The van der Waals surface area contributed by atoms with Gasteiger partial charge in [-0.3, -0.25) is 4.68 Å². The Morgan fingerprint density at radius 1 is 1.57 bits per heavy atom. The van der Waals surface area contributed by atoms with Crippen molar-refractivity contribution in [3.8, 4) is 0 Å². The first-order valence-electron chi connectivity index (χ1n) is 5.33. The number of alkyl halides is 1. The summed E-state index contributed by atoms with van der Waals surface area (Å²) < 4.78 is 2.21. The average Bonchev–Trinajstić information content (AvgIpc) is 2.88. The second kappa shape index (κ2) is 4.05. The monoisotopic (exact) mass is 256 g/mol. The Balaban J connectivity index is 2.25. The van der Waals surface area contributed by atoms with Crippen LogP contribution < -0.4 is 0 Å². The van der Waals surface area contributed by atoms with Crippen molar-refractivity contribution in [1.29, 1.82) is 0 Å². The summed E-state index contributed by atoms with van der Waals surface area (Å²) >= 11 is 3.53. The molecule has 78 valence electrons. The number of aromatic nitrogens is 2. The molecular formula is C11H17BrN2. The van der Waals surface area contributed by atoms with Crippen LogP contribution in [0.2, 0.25) is 0 Å². The van der Waals surface area contributed by atoms with E-state index in [0.717, 1.165) is 17.8 Å². The molecule has 1 aliphatic rings. The number of nitrogens with zero attached hydrogens (tertiary/aromatic N) is 2. The van der Waals surface area contributed by atoms with Crippen LogP contribution in [-0.4, -0.2) is 9.78 Å². The van der Waals surface area contributed by atoms with Gasteiger partial charge in [-0.15, -0.1) is 0 Å². The Hall–Kier alpha value is -0.310. The highest BCUT2D eigenvalue weighted by atomic mass is 79.9. The minimum atomic E-state index is 0.676. The summed E-state index contributed by atoms with van der Waals surface area (Å²) in [6.07, 6.45) is 4.72. The Morgan fingerprint density at radius 3 is 2.79 bits per heavy atom. The van der Waals surface area contributed by atoms with Gasteiger partial charge in [0.2, 0.25) is 0 Å². The predicted molar refractivity (Wildman–Crippen MR) is 61.7 cm³/mol. The van der Waals surface area contributed by atoms with Gasteiger partial charge in [-0.1, -0.05) is 29.8 Å². The fourth-order valence-corrected chi connectivity index (χ4v) is 2.29. The minimum Gasteiger partial charge on any atom is -0.269 e. The lowest BCUT2D eigenvalue weighted by Crippen LogP contribution is -2.09. The van der Waals surface area contributed by atoms with E-state index in [1.54, 1.807) is 0 Å². The molecule has 0 radical (unpaired) electrons. The van der Waals surface area contributed by atoms with Gasteiger partial charge in [0.05, 0.1) is 6.20 Å². The molecule has 0 saturated heterocycles. The molecule has 1 saturated carbocycles. The zero-order chi connectivity index (χ0) is 10.1. The molecule has 0 atom stereocenters. The maximum absolute atomic E-state index is 4.48. The number of halogens is 1. The average molecular weight is 257 g/mol. The fraction of sp³-hybridized carbons (Fsp3) is 0.727. The Kier molecular flexibility index (Phi) is 2.96. The largest absolute Gasteiger partial charge is 0.269 e. The highest BCUT2D eigenvalue weighted by Gasteiger charge is 2.29. The first-order valence-corrected chi connectivity index (χ1v) is 6.45. The van der Waals surface area contributed by atoms with E-state index in [9.17, 15) is 0 Å². The van der Waals surface area contributed by atoms with E-state index in [2.05, 4.69) is 39.6 Å². The van der Waals surface area contributed by atoms with E-state index in [-0.39, 0.29) is 0 Å². The molecule has 14 heavy (non-hydrogen) atoms. The van der Waals surface area contributed by atoms with Gasteiger partial charge in [-0.05, 0) is 18.8 Å². The second-order valence-electron chi connectivity index (χ2n) is 4.54. The van der Waals surface area contributed by atoms with Crippen LogP contribution in [0.15, 0.2) is 6.20 Å². The molecule has 1 heterocycles. The predicted octanol–water partition coefficient (Wildman–Crippen LogP) is 3.31. The first kappa shape index (κ1) is 10.2. The molecule has 0 aliphatic heterocycles. The van der Waals surface area contributed by atoms with Crippen molar-refractivity contribution >= 4 is 15.9 Å². The van der Waals surface area contributed by atoms with Crippen LogP contribution in [0, 0.1) is 5.92 Å². The Labute approximate surface area is 93.8 Å². The smallest absolute Gasteiger partial charge is 0.0533 e. The van der Waals surface area contributed by atoms with Gasteiger partial charge in [0.25, 0.3) is 0 Å². The molecule has 0 bridgehead atoms. The lowest BCUT2D eigenvalue weighted by Gasteiger charge is -2.10. The van der Waals surface area contributed by atoms with Gasteiger partial charge in [-0.25, -0.2) is 0 Å². The first-order chi connectivity index (χ1) is 6.72. The van der Waals surface area contributed by atoms with Crippen LogP contribution >= 0.6 is 15.9 Å². The highest BCUT2D eigenvalue weighted by molar-refractivity contribution is 9.08. The van der Waals surface area contributed by atoms with Gasteiger partial charge in [0.1, 0.15) is 0 Å². The van der Waals surface area contributed by atoms with Crippen molar-refractivity contribution in [3.05, 3.63) is 17.5 Å². The minimum absolute atomic E-state index is 0.676. The normalized spacial score (nSPS) is 16.6. The van der Waals surface area contributed by atoms with Gasteiger partial charge < -0.3 is 0 Å². The van der Waals surface area contributed by atoms with E-state index in [4.69, 9.17) is 0 Å². The molecule has 2 rings (SSSR count). The number of hydrogen-bond donors (Lipinski definition) is 0. The SMILES string of the molecule is CC(C)Cn1ncc(CBr)c1C1CC1. The van der Waals surface area contributed by atoms with Crippen molar-refractivity contribution < 1.29 is 0 Å². The third kappa shape index (κ3) is 2.02. The molecule has 0 spiro atoms. The van der Waals surface area contributed by atoms with Crippen LogP contribution in [0.1, 0.15) is 43.9 Å². The topological polar surface area (TPSA) is 17.8 Å². The molecule has 0 amide bonds. The van der Waals surface area contributed by atoms with Crippen LogP contribution in [0.4, 0.5) is 0 Å². The third-order valence-electron chi connectivity index (χ3n) is 2.61. The van der Waals surface area contributed by atoms with E-state index in [1.807, 2.05) is 6.20 Å². The molecule has 1 aliphatic carbocycles. The van der Waals surface area contributed by atoms with Crippen LogP contribution in [0.25, 0.3) is 0 Å². The van der Waals surface area contributed by atoms with Gasteiger partial charge in [0, 0.05) is 29.1 Å². The summed E-state index contributed by atoms with van der Waals surface area (Å²) in [6.45, 7) is 5.54. The third-order valence-corrected chi connectivity index (χ3v) is 3.21. The van der Waals surface area contributed by atoms with E-state index >= 15 is 0 Å². The maximum Gasteiger partial charge on any atom is 0.0533 e. The molecule has 1 fully saturated rings. The molecule has 1 aromatic rings. The molecule has 1 aromatic heterocycles.